The number of benzene rings is 1. The summed E-state index contributed by atoms with van der Waals surface area (Å²) >= 11 is 1.56. The second-order valence-electron chi connectivity index (χ2n) is 7.74. The fourth-order valence-corrected chi connectivity index (χ4v) is 3.94. The number of hydrogen-bond acceptors (Lipinski definition) is 6. The lowest BCUT2D eigenvalue weighted by Gasteiger charge is -2.35. The molecular formula is C22H36N2O3S. The number of carbonyl (C=O) groups is 2. The molecule has 1 rings (SSSR count). The lowest BCUT2D eigenvalue weighted by Crippen LogP contribution is -2.60. The van der Waals surface area contributed by atoms with Crippen molar-refractivity contribution in [1.29, 1.82) is 0 Å². The Hall–Kier alpha value is -1.37. The van der Waals surface area contributed by atoms with Crippen molar-refractivity contribution >= 4 is 23.5 Å². The lowest BCUT2D eigenvalue weighted by molar-refractivity contribution is -0.152. The number of esters is 1. The smallest absolute Gasteiger partial charge is 0.326 e. The van der Waals surface area contributed by atoms with E-state index in [1.54, 1.807) is 18.8 Å². The quantitative estimate of drug-likeness (QED) is 0.293. The third-order valence-corrected chi connectivity index (χ3v) is 6.27. The number of Topliss-reactive ketones (excluding diaryl/α,β-unsaturated/α-hetero) is 1. The fourth-order valence-electron chi connectivity index (χ4n) is 2.46. The van der Waals surface area contributed by atoms with Gasteiger partial charge in [0.15, 0.2) is 5.78 Å². The van der Waals surface area contributed by atoms with Gasteiger partial charge in [-0.15, -0.1) is 11.8 Å². The van der Waals surface area contributed by atoms with Crippen LogP contribution in [0.2, 0.25) is 0 Å². The van der Waals surface area contributed by atoms with Gasteiger partial charge in [0, 0.05) is 0 Å². The highest BCUT2D eigenvalue weighted by Crippen LogP contribution is 2.23. The van der Waals surface area contributed by atoms with Crippen molar-refractivity contribution in [3.63, 3.8) is 0 Å². The molecule has 6 heteroatoms. The lowest BCUT2D eigenvalue weighted by atomic mass is 9.95. The van der Waals surface area contributed by atoms with E-state index in [0.717, 1.165) is 24.2 Å². The summed E-state index contributed by atoms with van der Waals surface area (Å²) in [6, 6.07) is 9.60. The Labute approximate surface area is 174 Å². The number of unbranched alkanes of at least 4 members (excludes halogenated alkanes) is 1. The maximum absolute atomic E-state index is 13.1. The number of carbonyl (C=O) groups excluding carboxylic acids is 2. The number of hydrogen-bond donors (Lipinski definition) is 2. The molecule has 1 unspecified atom stereocenters. The van der Waals surface area contributed by atoms with Gasteiger partial charge in [-0.1, -0.05) is 50.6 Å². The molecule has 0 spiro atoms. The van der Waals surface area contributed by atoms with E-state index in [0.29, 0.717) is 6.42 Å². The minimum absolute atomic E-state index is 0.0339. The summed E-state index contributed by atoms with van der Waals surface area (Å²) in [5.41, 5.74) is -0.673. The number of likely N-dealkylation sites (N-methyl/N-ethyl adjacent to an activating group) is 1. The van der Waals surface area contributed by atoms with Crippen LogP contribution in [0.1, 0.15) is 59.4 Å². The largest absolute Gasteiger partial charge is 0.459 e. The Kier molecular flexibility index (Phi) is 10.2. The highest BCUT2D eigenvalue weighted by Gasteiger charge is 2.40. The highest BCUT2D eigenvalue weighted by molar-refractivity contribution is 8.00. The van der Waals surface area contributed by atoms with E-state index in [2.05, 4.69) is 17.6 Å². The molecule has 1 aromatic carbocycles. The van der Waals surface area contributed by atoms with E-state index < -0.39 is 16.5 Å². The van der Waals surface area contributed by atoms with Crippen LogP contribution in [-0.4, -0.2) is 41.0 Å². The van der Waals surface area contributed by atoms with Crippen LogP contribution in [0.5, 0.6) is 0 Å². The summed E-state index contributed by atoms with van der Waals surface area (Å²) in [5, 5.41) is 5.90. The van der Waals surface area contributed by atoms with Crippen LogP contribution in [-0.2, 0) is 20.9 Å². The minimum Gasteiger partial charge on any atom is -0.459 e. The molecule has 0 aliphatic carbocycles. The first-order chi connectivity index (χ1) is 13.2. The van der Waals surface area contributed by atoms with Crippen molar-refractivity contribution in [3.05, 3.63) is 35.9 Å². The van der Waals surface area contributed by atoms with Crippen LogP contribution in [0.4, 0.5) is 0 Å². The molecule has 0 heterocycles. The minimum atomic E-state index is -0.932. The first kappa shape index (κ1) is 24.7. The van der Waals surface area contributed by atoms with Crippen molar-refractivity contribution in [2.24, 2.45) is 0 Å². The Morgan fingerprint density at radius 1 is 1.14 bits per heavy atom. The molecule has 0 saturated heterocycles. The molecule has 0 amide bonds. The topological polar surface area (TPSA) is 67.4 Å². The first-order valence-electron chi connectivity index (χ1n) is 10.0. The average Bonchev–Trinajstić information content (AvgIpc) is 2.71. The van der Waals surface area contributed by atoms with Gasteiger partial charge >= 0.3 is 5.97 Å². The molecule has 0 aliphatic rings. The predicted molar refractivity (Wildman–Crippen MR) is 117 cm³/mol. The van der Waals surface area contributed by atoms with Gasteiger partial charge in [0.1, 0.15) is 17.5 Å². The van der Waals surface area contributed by atoms with E-state index in [4.69, 9.17) is 4.74 Å². The van der Waals surface area contributed by atoms with Gasteiger partial charge in [-0.3, -0.25) is 14.9 Å². The second-order valence-corrected chi connectivity index (χ2v) is 8.95. The summed E-state index contributed by atoms with van der Waals surface area (Å²) in [6.45, 7) is 9.81. The zero-order chi connectivity index (χ0) is 21.2. The maximum atomic E-state index is 13.1. The molecule has 28 heavy (non-hydrogen) atoms. The molecular weight excluding hydrogens is 372 g/mol. The van der Waals surface area contributed by atoms with Gasteiger partial charge in [-0.2, -0.15) is 0 Å². The van der Waals surface area contributed by atoms with Gasteiger partial charge in [-0.05, 0) is 52.0 Å². The standard InChI is InChI=1S/C22H36N2O3S/c1-7-9-15-28-19(18(25)21(3,4)23-6)24-22(5,8-2)20(26)27-16-17-13-11-10-12-14-17/h10-14,19,23-24H,7-9,15-16H2,1-6H3/t19?,22-/m0/s1. The Balaban J connectivity index is 2.89. The third kappa shape index (κ3) is 7.22. The Morgan fingerprint density at radius 3 is 2.32 bits per heavy atom. The molecule has 0 aliphatic heterocycles. The number of nitrogens with one attached hydrogen (secondary N) is 2. The Morgan fingerprint density at radius 2 is 1.79 bits per heavy atom. The van der Waals surface area contributed by atoms with Gasteiger partial charge in [0.25, 0.3) is 0 Å². The number of ether oxygens (including phenoxy) is 1. The predicted octanol–water partition coefficient (Wildman–Crippen LogP) is 3.91. The van der Waals surface area contributed by atoms with Crippen molar-refractivity contribution in [2.45, 2.75) is 76.9 Å². The SMILES string of the molecule is CCCCSC(N[C@@](C)(CC)C(=O)OCc1ccccc1)C(=O)C(C)(C)NC. The third-order valence-electron chi connectivity index (χ3n) is 5.08. The van der Waals surface area contributed by atoms with Crippen molar-refractivity contribution in [1.82, 2.24) is 10.6 Å². The summed E-state index contributed by atoms with van der Waals surface area (Å²) in [4.78, 5) is 25.9. The zero-order valence-electron chi connectivity index (χ0n) is 18.1. The fraction of sp³-hybridized carbons (Fsp3) is 0.636. The normalized spacial score (nSPS) is 14.9. The van der Waals surface area contributed by atoms with Crippen LogP contribution in [0.15, 0.2) is 30.3 Å². The molecule has 158 valence electrons. The molecule has 2 atom stereocenters. The summed E-state index contributed by atoms with van der Waals surface area (Å²) < 4.78 is 5.56. The number of ketones is 1. The summed E-state index contributed by atoms with van der Waals surface area (Å²) in [7, 11) is 1.78. The molecule has 5 nitrogen and oxygen atoms in total. The number of rotatable bonds is 13. The van der Waals surface area contributed by atoms with Crippen LogP contribution < -0.4 is 10.6 Å². The summed E-state index contributed by atoms with van der Waals surface area (Å²) in [6.07, 6.45) is 2.61. The first-order valence-corrected chi connectivity index (χ1v) is 11.1. The molecule has 0 aromatic heterocycles. The van der Waals surface area contributed by atoms with E-state index in [1.165, 1.54) is 0 Å². The van der Waals surface area contributed by atoms with Crippen LogP contribution in [0.3, 0.4) is 0 Å². The van der Waals surface area contributed by atoms with Crippen LogP contribution in [0, 0.1) is 0 Å². The molecule has 2 N–H and O–H groups in total. The van der Waals surface area contributed by atoms with Crippen LogP contribution >= 0.6 is 11.8 Å². The van der Waals surface area contributed by atoms with E-state index in [9.17, 15) is 9.59 Å². The molecule has 1 aromatic rings. The second kappa shape index (κ2) is 11.6. The molecule has 0 saturated carbocycles. The highest BCUT2D eigenvalue weighted by atomic mass is 32.2. The summed E-state index contributed by atoms with van der Waals surface area (Å²) in [5.74, 6) is 0.556. The molecule has 0 fully saturated rings. The zero-order valence-corrected chi connectivity index (χ0v) is 18.9. The van der Waals surface area contributed by atoms with Gasteiger partial charge in [0.05, 0.1) is 5.54 Å². The van der Waals surface area contributed by atoms with Crippen molar-refractivity contribution in [2.75, 3.05) is 12.8 Å². The average molecular weight is 409 g/mol. The van der Waals surface area contributed by atoms with Crippen LogP contribution in [0.25, 0.3) is 0 Å². The Bertz CT molecular complexity index is 621. The van der Waals surface area contributed by atoms with E-state index >= 15 is 0 Å². The van der Waals surface area contributed by atoms with Gasteiger partial charge in [-0.25, -0.2) is 0 Å². The van der Waals surface area contributed by atoms with Crippen molar-refractivity contribution < 1.29 is 14.3 Å². The van der Waals surface area contributed by atoms with Gasteiger partial charge < -0.3 is 10.1 Å². The van der Waals surface area contributed by atoms with Gasteiger partial charge in [0.2, 0.25) is 0 Å². The van der Waals surface area contributed by atoms with E-state index in [-0.39, 0.29) is 18.4 Å². The maximum Gasteiger partial charge on any atom is 0.326 e. The monoisotopic (exact) mass is 408 g/mol. The molecule has 0 bridgehead atoms. The molecule has 0 radical (unpaired) electrons. The number of thioether (sulfide) groups is 1. The van der Waals surface area contributed by atoms with Crippen molar-refractivity contribution in [3.8, 4) is 0 Å². The van der Waals surface area contributed by atoms with E-state index in [1.807, 2.05) is 58.0 Å².